The van der Waals surface area contributed by atoms with Gasteiger partial charge in [-0.3, -0.25) is 0 Å². The van der Waals surface area contributed by atoms with Gasteiger partial charge in [0.25, 0.3) is 0 Å². The zero-order chi connectivity index (χ0) is 33.9. The first kappa shape index (κ1) is 30.2. The topological polar surface area (TPSA) is 51.8 Å². The van der Waals surface area contributed by atoms with Gasteiger partial charge >= 0.3 is 0 Å². The van der Waals surface area contributed by atoms with Crippen molar-refractivity contribution < 1.29 is 28.6 Å². The van der Waals surface area contributed by atoms with Crippen LogP contribution in [0.3, 0.4) is 0 Å². The maximum Gasteiger partial charge on any atom is 0.216 e. The van der Waals surface area contributed by atoms with Crippen LogP contribution in [0.25, 0.3) is 44.6 Å². The molecule has 0 saturated carbocycles. The van der Waals surface area contributed by atoms with Gasteiger partial charge in [-0.1, -0.05) is 81.5 Å². The Hall–Kier alpha value is -3.44. The van der Waals surface area contributed by atoms with E-state index in [4.69, 9.17) is 8.53 Å². The molecule has 0 bridgehead atoms. The van der Waals surface area contributed by atoms with Crippen LogP contribution >= 0.6 is 0 Å². The van der Waals surface area contributed by atoms with Gasteiger partial charge in [-0.2, -0.15) is 0 Å². The van der Waals surface area contributed by atoms with Crippen LogP contribution in [0, 0.1) is 30.8 Å². The molecule has 6 rings (SSSR count). The van der Waals surface area contributed by atoms with Crippen LogP contribution in [0.1, 0.15) is 48.6 Å². The van der Waals surface area contributed by atoms with Gasteiger partial charge in [-0.25, -0.2) is 4.98 Å². The van der Waals surface area contributed by atoms with Gasteiger partial charge < -0.3 is 14.4 Å². The van der Waals surface area contributed by atoms with Crippen LogP contribution in [0.15, 0.2) is 83.5 Å². The van der Waals surface area contributed by atoms with Crippen molar-refractivity contribution in [2.75, 3.05) is 0 Å². The van der Waals surface area contributed by atoms with Crippen molar-refractivity contribution >= 4 is 35.3 Å². The number of hydrogen-bond acceptors (Lipinski definition) is 4. The smallest absolute Gasteiger partial charge is 0.216 e. The Labute approximate surface area is 287 Å². The molecule has 235 valence electrons. The minimum atomic E-state index is -2.27. The Morgan fingerprint density at radius 1 is 0.844 bits per heavy atom. The average molecular weight is 793 g/mol. The predicted octanol–water partition coefficient (Wildman–Crippen LogP) is 9.64. The third kappa shape index (κ3) is 8.43. The van der Waals surface area contributed by atoms with Crippen molar-refractivity contribution in [1.82, 2.24) is 15.0 Å². The van der Waals surface area contributed by atoms with E-state index in [0.29, 0.717) is 23.1 Å². The Kier molecular flexibility index (Phi) is 9.92. The molecule has 1 radical (unpaired) electrons. The number of hydrogen-bond donors (Lipinski definition) is 0. The molecule has 6 aromatic rings. The van der Waals surface area contributed by atoms with E-state index in [2.05, 4.69) is 98.8 Å². The zero-order valence-corrected chi connectivity index (χ0v) is 30.6. The summed E-state index contributed by atoms with van der Waals surface area (Å²) >= 11 is 0. The van der Waals surface area contributed by atoms with Crippen molar-refractivity contribution in [3.63, 3.8) is 0 Å². The summed E-state index contributed by atoms with van der Waals surface area (Å²) in [6, 6.07) is 27.9. The number of pyridine rings is 3. The number of nitrogens with zero attached hydrogens (tertiary/aromatic N) is 3. The molecule has 45 heavy (non-hydrogen) atoms. The molecule has 0 spiro atoms. The van der Waals surface area contributed by atoms with E-state index in [1.54, 1.807) is 12.3 Å². The Morgan fingerprint density at radius 2 is 1.64 bits per heavy atom. The van der Waals surface area contributed by atoms with Crippen LogP contribution < -0.4 is 5.19 Å². The van der Waals surface area contributed by atoms with Gasteiger partial charge in [0.1, 0.15) is 0 Å². The minimum absolute atomic E-state index is 0. The van der Waals surface area contributed by atoms with E-state index in [1.165, 1.54) is 22.4 Å². The minimum Gasteiger partial charge on any atom is -0.486 e. The van der Waals surface area contributed by atoms with Crippen molar-refractivity contribution in [2.24, 2.45) is 11.8 Å². The summed E-state index contributed by atoms with van der Waals surface area (Å²) in [7, 11) is -1.34. The third-order valence-electron chi connectivity index (χ3n) is 7.43. The van der Waals surface area contributed by atoms with Crippen molar-refractivity contribution in [2.45, 2.75) is 67.0 Å². The molecule has 0 N–H and O–H groups in total. The molecule has 0 aliphatic carbocycles. The van der Waals surface area contributed by atoms with Crippen LogP contribution in [0.4, 0.5) is 0 Å². The molecule has 4 nitrogen and oxygen atoms in total. The fraction of sp³-hybridized carbons (Fsp3) is 0.308. The van der Waals surface area contributed by atoms with Gasteiger partial charge in [0.15, 0.2) is 0 Å². The second-order valence-corrected chi connectivity index (χ2v) is 18.3. The number of furan rings is 1. The number of rotatable bonds is 7. The van der Waals surface area contributed by atoms with Crippen LogP contribution in [0.5, 0.6) is 0 Å². The Bertz CT molecular complexity index is 1980. The number of benzene rings is 2. The van der Waals surface area contributed by atoms with Crippen molar-refractivity contribution in [3.8, 4) is 22.5 Å². The first-order chi connectivity index (χ1) is 22.2. The fourth-order valence-electron chi connectivity index (χ4n) is 5.50. The molecule has 2 aromatic carbocycles. The summed E-state index contributed by atoms with van der Waals surface area (Å²) in [6.07, 6.45) is 6.00. The second-order valence-electron chi connectivity index (χ2n) is 13.2. The monoisotopic (exact) mass is 793 g/mol. The fourth-order valence-corrected chi connectivity index (χ4v) is 7.09. The van der Waals surface area contributed by atoms with Gasteiger partial charge in [0.05, 0.1) is 13.7 Å². The second kappa shape index (κ2) is 14.8. The summed E-state index contributed by atoms with van der Waals surface area (Å²) in [4.78, 5) is 13.4. The van der Waals surface area contributed by atoms with E-state index in [9.17, 15) is 0 Å². The normalized spacial score (nSPS) is 12.8. The molecule has 0 amide bonds. The largest absolute Gasteiger partial charge is 0.486 e. The molecule has 0 unspecified atom stereocenters. The summed E-state index contributed by atoms with van der Waals surface area (Å²) in [5, 5.41) is 3.15. The number of aromatic nitrogens is 3. The van der Waals surface area contributed by atoms with E-state index in [0.717, 1.165) is 46.1 Å². The Morgan fingerprint density at radius 3 is 2.33 bits per heavy atom. The van der Waals surface area contributed by atoms with Crippen LogP contribution in [-0.4, -0.2) is 23.0 Å². The molecular weight excluding hydrogens is 747 g/mol. The molecule has 4 heterocycles. The molecule has 0 aliphatic rings. The molecule has 0 fully saturated rings. The number of fused-ring (bicyclic) bond motifs is 3. The third-order valence-corrected chi connectivity index (χ3v) is 9.50. The molecular formula is C39H43IrN3OSi-2. The predicted molar refractivity (Wildman–Crippen MR) is 187 cm³/mol. The maximum absolute atomic E-state index is 7.55. The van der Waals surface area contributed by atoms with Gasteiger partial charge in [-0.05, 0) is 66.3 Å². The van der Waals surface area contributed by atoms with E-state index in [1.807, 2.05) is 36.4 Å². The average Bonchev–Trinajstić information content (AvgIpc) is 3.39. The zero-order valence-electron chi connectivity index (χ0n) is 30.2. The Balaban J connectivity index is 0.000000222. The maximum atomic E-state index is 7.55. The SMILES string of the molecule is CC(C)Cc1cc(-c2[c-]cccc2)ncc1[Si](C)(C)C.[2H]C([2H])([2H])c1ccc2c(n1)oc1c(-c3cc(CC(C)C)ccn3)[c-]ccc12.[Ir]. The summed E-state index contributed by atoms with van der Waals surface area (Å²) in [5.74, 6) is 1.22. The molecule has 0 aliphatic heterocycles. The standard InChI is InChI=1S/C21H19N2O.C18H24NSi.Ir/c1-13(2)11-15-9-10-22-19(12-15)18-6-4-5-16-17-8-7-14(3)23-21(17)24-20(16)18;1-14(2)11-16-12-17(15-9-7-6-8-10-15)19-13-18(16)20(3,4)5;/h4-5,7-10,12-13H,11H2,1-3H3;6-9,12-14H,11H2,1-5H3;/q2*-1;/i3D3;;. The summed E-state index contributed by atoms with van der Waals surface area (Å²) < 4.78 is 28.6. The van der Waals surface area contributed by atoms with Crippen molar-refractivity contribution in [1.29, 1.82) is 0 Å². The quantitative estimate of drug-likeness (QED) is 0.119. The molecule has 6 heteroatoms. The summed E-state index contributed by atoms with van der Waals surface area (Å²) in [5.41, 5.74) is 7.32. The molecule has 0 saturated heterocycles. The first-order valence-corrected chi connectivity index (χ1v) is 18.9. The van der Waals surface area contributed by atoms with Crippen LogP contribution in [-0.2, 0) is 32.9 Å². The van der Waals surface area contributed by atoms with E-state index < -0.39 is 14.9 Å². The molecule has 4 aromatic heterocycles. The van der Waals surface area contributed by atoms with Gasteiger partial charge in [-0.15, -0.1) is 54.1 Å². The van der Waals surface area contributed by atoms with Crippen LogP contribution in [0.2, 0.25) is 19.6 Å². The van der Waals surface area contributed by atoms with Gasteiger partial charge in [0, 0.05) is 47.7 Å². The van der Waals surface area contributed by atoms with E-state index >= 15 is 0 Å². The van der Waals surface area contributed by atoms with Gasteiger partial charge in [0.2, 0.25) is 5.71 Å². The number of aryl methyl sites for hydroxylation is 1. The van der Waals surface area contributed by atoms with E-state index in [-0.39, 0.29) is 25.8 Å². The molecule has 0 atom stereocenters. The first-order valence-electron chi connectivity index (χ1n) is 16.9. The van der Waals surface area contributed by atoms with Crippen molar-refractivity contribution in [3.05, 3.63) is 108 Å². The summed E-state index contributed by atoms with van der Waals surface area (Å²) in [6.45, 7) is 13.8.